The van der Waals surface area contributed by atoms with E-state index < -0.39 is 0 Å². The van der Waals surface area contributed by atoms with Gasteiger partial charge in [-0.3, -0.25) is 9.59 Å². The third kappa shape index (κ3) is 4.18. The van der Waals surface area contributed by atoms with Crippen molar-refractivity contribution in [3.05, 3.63) is 63.5 Å². The highest BCUT2D eigenvalue weighted by Crippen LogP contribution is 2.31. The van der Waals surface area contributed by atoms with Gasteiger partial charge in [0.25, 0.3) is 5.91 Å². The molecule has 6 heteroatoms. The molecule has 1 N–H and O–H groups in total. The van der Waals surface area contributed by atoms with Crippen LogP contribution in [-0.2, 0) is 0 Å². The van der Waals surface area contributed by atoms with Gasteiger partial charge in [0.2, 0.25) is 5.56 Å². The van der Waals surface area contributed by atoms with E-state index in [0.717, 1.165) is 31.0 Å². The predicted octanol–water partition coefficient (Wildman–Crippen LogP) is 3.43. The van der Waals surface area contributed by atoms with Crippen molar-refractivity contribution in [2.24, 2.45) is 0 Å². The fraction of sp³-hybridized carbons (Fsp3) is 0.294. The summed E-state index contributed by atoms with van der Waals surface area (Å²) in [4.78, 5) is 29.3. The molecule has 1 aliphatic heterocycles. The molecule has 2 heterocycles. The normalized spacial score (nSPS) is 15.6. The Morgan fingerprint density at radius 2 is 1.87 bits per heavy atom. The number of hydrogen-bond acceptors (Lipinski definition) is 3. The molecular formula is C17H17ClN2O2S. The SMILES string of the molecule is O=C(c1cc[nH]c(=O)c1)N1CCC(Sc2ccc(Cl)cc2)CC1. The maximum atomic E-state index is 12.4. The molecule has 0 radical (unpaired) electrons. The Morgan fingerprint density at radius 1 is 1.17 bits per heavy atom. The third-order valence-corrected chi connectivity index (χ3v) is 5.47. The number of thioether (sulfide) groups is 1. The van der Waals surface area contributed by atoms with Gasteiger partial charge >= 0.3 is 0 Å². The van der Waals surface area contributed by atoms with Gasteiger partial charge in [-0.05, 0) is 43.2 Å². The zero-order chi connectivity index (χ0) is 16.2. The molecule has 0 saturated carbocycles. The van der Waals surface area contributed by atoms with E-state index in [0.29, 0.717) is 10.8 Å². The summed E-state index contributed by atoms with van der Waals surface area (Å²) in [5.74, 6) is -0.0638. The molecule has 120 valence electrons. The number of H-pyrrole nitrogens is 1. The van der Waals surface area contributed by atoms with E-state index in [1.807, 2.05) is 40.9 Å². The number of aromatic amines is 1. The van der Waals surface area contributed by atoms with Crippen LogP contribution in [0.15, 0.2) is 52.3 Å². The first kappa shape index (κ1) is 16.1. The molecule has 1 aliphatic rings. The molecule has 1 saturated heterocycles. The Kier molecular flexibility index (Phi) is 5.08. The summed E-state index contributed by atoms with van der Waals surface area (Å²) in [5.41, 5.74) is 0.210. The summed E-state index contributed by atoms with van der Waals surface area (Å²) in [7, 11) is 0. The molecule has 23 heavy (non-hydrogen) atoms. The lowest BCUT2D eigenvalue weighted by molar-refractivity contribution is 0.0727. The minimum Gasteiger partial charge on any atom is -0.339 e. The molecule has 1 aromatic heterocycles. The minimum absolute atomic E-state index is 0.0638. The highest BCUT2D eigenvalue weighted by atomic mass is 35.5. The van der Waals surface area contributed by atoms with Gasteiger partial charge in [0.1, 0.15) is 0 Å². The second-order valence-corrected chi connectivity index (χ2v) is 7.32. The first-order valence-corrected chi connectivity index (χ1v) is 8.78. The minimum atomic E-state index is -0.246. The van der Waals surface area contributed by atoms with Crippen LogP contribution in [0.1, 0.15) is 23.2 Å². The van der Waals surface area contributed by atoms with Crippen LogP contribution in [0.3, 0.4) is 0 Å². The van der Waals surface area contributed by atoms with Gasteiger partial charge < -0.3 is 9.88 Å². The maximum Gasteiger partial charge on any atom is 0.254 e. The fourth-order valence-electron chi connectivity index (χ4n) is 2.64. The molecule has 0 unspecified atom stereocenters. The van der Waals surface area contributed by atoms with Gasteiger partial charge in [-0.2, -0.15) is 0 Å². The van der Waals surface area contributed by atoms with Crippen LogP contribution >= 0.6 is 23.4 Å². The molecule has 1 fully saturated rings. The van der Waals surface area contributed by atoms with Gasteiger partial charge in [-0.25, -0.2) is 0 Å². The quantitative estimate of drug-likeness (QED) is 0.924. The van der Waals surface area contributed by atoms with Crippen LogP contribution in [0.2, 0.25) is 5.02 Å². The van der Waals surface area contributed by atoms with Crippen LogP contribution < -0.4 is 5.56 Å². The standard InChI is InChI=1S/C17H17ClN2O2S/c18-13-1-3-14(4-2-13)23-15-6-9-20(10-7-15)17(22)12-5-8-19-16(21)11-12/h1-5,8,11,15H,6-7,9-10H2,(H,19,21). The highest BCUT2D eigenvalue weighted by Gasteiger charge is 2.24. The summed E-state index contributed by atoms with van der Waals surface area (Å²) < 4.78 is 0. The highest BCUT2D eigenvalue weighted by molar-refractivity contribution is 8.00. The van der Waals surface area contributed by atoms with Crippen LogP contribution in [0.5, 0.6) is 0 Å². The van der Waals surface area contributed by atoms with Crippen LogP contribution in [0.4, 0.5) is 0 Å². The van der Waals surface area contributed by atoms with Gasteiger partial charge in [-0.15, -0.1) is 11.8 Å². The number of piperidine rings is 1. The van der Waals surface area contributed by atoms with E-state index in [1.165, 1.54) is 17.2 Å². The average Bonchev–Trinajstić information content (AvgIpc) is 2.57. The number of rotatable bonds is 3. The zero-order valence-corrected chi connectivity index (χ0v) is 14.1. The van der Waals surface area contributed by atoms with E-state index in [2.05, 4.69) is 4.98 Å². The molecular weight excluding hydrogens is 332 g/mol. The lowest BCUT2D eigenvalue weighted by Gasteiger charge is -2.31. The van der Waals surface area contributed by atoms with Gasteiger partial charge in [-0.1, -0.05) is 11.6 Å². The van der Waals surface area contributed by atoms with Crippen molar-refractivity contribution >= 4 is 29.3 Å². The Hall–Kier alpha value is -1.72. The largest absolute Gasteiger partial charge is 0.339 e. The Morgan fingerprint density at radius 3 is 2.52 bits per heavy atom. The number of likely N-dealkylation sites (tertiary alicyclic amines) is 1. The molecule has 4 nitrogen and oxygen atoms in total. The zero-order valence-electron chi connectivity index (χ0n) is 12.5. The number of pyridine rings is 1. The Bertz CT molecular complexity index is 737. The summed E-state index contributed by atoms with van der Waals surface area (Å²) in [6, 6.07) is 10.9. The lowest BCUT2D eigenvalue weighted by atomic mass is 10.1. The van der Waals surface area contributed by atoms with Crippen molar-refractivity contribution in [3.8, 4) is 0 Å². The van der Waals surface area contributed by atoms with E-state index >= 15 is 0 Å². The van der Waals surface area contributed by atoms with E-state index in [4.69, 9.17) is 11.6 Å². The average molecular weight is 349 g/mol. The molecule has 3 rings (SSSR count). The van der Waals surface area contributed by atoms with Crippen molar-refractivity contribution in [2.75, 3.05) is 13.1 Å². The summed E-state index contributed by atoms with van der Waals surface area (Å²) in [6.07, 6.45) is 3.41. The molecule has 0 aliphatic carbocycles. The molecule has 0 spiro atoms. The van der Waals surface area contributed by atoms with Crippen LogP contribution in [0, 0.1) is 0 Å². The predicted molar refractivity (Wildman–Crippen MR) is 93.3 cm³/mol. The van der Waals surface area contributed by atoms with Gasteiger partial charge in [0.05, 0.1) is 0 Å². The Labute approximate surface area is 143 Å². The number of halogens is 1. The van der Waals surface area contributed by atoms with E-state index in [1.54, 1.807) is 6.07 Å². The Balaban J connectivity index is 1.56. The van der Waals surface area contributed by atoms with Crippen molar-refractivity contribution in [2.45, 2.75) is 23.0 Å². The van der Waals surface area contributed by atoms with Crippen LogP contribution in [0.25, 0.3) is 0 Å². The van der Waals surface area contributed by atoms with Crippen molar-refractivity contribution in [3.63, 3.8) is 0 Å². The molecule has 1 amide bonds. The number of carbonyl (C=O) groups is 1. The lowest BCUT2D eigenvalue weighted by Crippen LogP contribution is -2.39. The maximum absolute atomic E-state index is 12.4. The molecule has 0 bridgehead atoms. The topological polar surface area (TPSA) is 53.2 Å². The number of carbonyl (C=O) groups excluding carboxylic acids is 1. The number of aromatic nitrogens is 1. The number of benzene rings is 1. The summed E-state index contributed by atoms with van der Waals surface area (Å²) in [6.45, 7) is 1.44. The van der Waals surface area contributed by atoms with Crippen LogP contribution in [-0.4, -0.2) is 34.1 Å². The van der Waals surface area contributed by atoms with Crippen molar-refractivity contribution in [1.29, 1.82) is 0 Å². The molecule has 1 aromatic carbocycles. The molecule has 2 aromatic rings. The number of amides is 1. The van der Waals surface area contributed by atoms with Gasteiger partial charge in [0, 0.05) is 46.1 Å². The fourth-order valence-corrected chi connectivity index (χ4v) is 3.89. The number of nitrogens with zero attached hydrogens (tertiary/aromatic N) is 1. The number of nitrogens with one attached hydrogen (secondary N) is 1. The second kappa shape index (κ2) is 7.23. The first-order chi connectivity index (χ1) is 11.1. The second-order valence-electron chi connectivity index (χ2n) is 5.50. The van der Waals surface area contributed by atoms with E-state index in [9.17, 15) is 9.59 Å². The van der Waals surface area contributed by atoms with Crippen molar-refractivity contribution < 1.29 is 4.79 Å². The van der Waals surface area contributed by atoms with E-state index in [-0.39, 0.29) is 11.5 Å². The monoisotopic (exact) mass is 348 g/mol. The van der Waals surface area contributed by atoms with Gasteiger partial charge in [0.15, 0.2) is 0 Å². The number of hydrogen-bond donors (Lipinski definition) is 1. The third-order valence-electron chi connectivity index (χ3n) is 3.87. The smallest absolute Gasteiger partial charge is 0.254 e. The summed E-state index contributed by atoms with van der Waals surface area (Å²) in [5, 5.41) is 1.24. The van der Waals surface area contributed by atoms with Crippen molar-refractivity contribution in [1.82, 2.24) is 9.88 Å². The first-order valence-electron chi connectivity index (χ1n) is 7.52. The summed E-state index contributed by atoms with van der Waals surface area (Å²) >= 11 is 7.73. The molecule has 0 atom stereocenters.